The van der Waals surface area contributed by atoms with Crippen LogP contribution in [0, 0.1) is 0 Å². The topological polar surface area (TPSA) is 88.1 Å². The number of carbonyl (C=O) groups is 1. The zero-order valence-electron chi connectivity index (χ0n) is 20.1. The lowest BCUT2D eigenvalue weighted by Crippen LogP contribution is -2.20. The van der Waals surface area contributed by atoms with E-state index in [1.165, 1.54) is 5.56 Å². The van der Waals surface area contributed by atoms with Gasteiger partial charge in [-0.25, -0.2) is 4.98 Å². The molecule has 8 nitrogen and oxygen atoms in total. The number of fused-ring (bicyclic) bond motifs is 1. The second-order valence-corrected chi connectivity index (χ2v) is 8.82. The van der Waals surface area contributed by atoms with Crippen LogP contribution in [0.1, 0.15) is 46.8 Å². The molecule has 2 N–H and O–H groups in total. The van der Waals surface area contributed by atoms with Gasteiger partial charge in [0.25, 0.3) is 5.91 Å². The van der Waals surface area contributed by atoms with Crippen molar-refractivity contribution >= 4 is 23.3 Å². The highest BCUT2D eigenvalue weighted by atomic mass is 16.5. The van der Waals surface area contributed by atoms with Crippen LogP contribution in [0.4, 0.5) is 11.5 Å². The first-order chi connectivity index (χ1) is 17.0. The molecule has 180 valence electrons. The van der Waals surface area contributed by atoms with Crippen LogP contribution < -0.4 is 15.4 Å². The normalized spacial score (nSPS) is 17.2. The van der Waals surface area contributed by atoms with Gasteiger partial charge in [0.15, 0.2) is 6.23 Å². The van der Waals surface area contributed by atoms with Crippen LogP contribution in [0.3, 0.4) is 0 Å². The number of anilines is 2. The summed E-state index contributed by atoms with van der Waals surface area (Å²) in [7, 11) is 1.89. The first-order valence-electron chi connectivity index (χ1n) is 11.8. The lowest BCUT2D eigenvalue weighted by Gasteiger charge is -2.15. The SMILES string of the molecule is CC(C1=NN(C)C(C)O1)c1ccc(NC(=O)c2cccnc2NCc2ccc3c(c2)CCO3)cc1. The van der Waals surface area contributed by atoms with Gasteiger partial charge in [0, 0.05) is 31.9 Å². The van der Waals surface area contributed by atoms with Gasteiger partial charge in [0.2, 0.25) is 5.90 Å². The van der Waals surface area contributed by atoms with E-state index in [9.17, 15) is 4.79 Å². The zero-order chi connectivity index (χ0) is 24.4. The molecule has 2 atom stereocenters. The number of ether oxygens (including phenoxy) is 2. The van der Waals surface area contributed by atoms with Crippen LogP contribution in [0.2, 0.25) is 0 Å². The number of benzene rings is 2. The minimum atomic E-state index is -0.220. The summed E-state index contributed by atoms with van der Waals surface area (Å²) in [5.74, 6) is 1.99. The molecule has 3 heterocycles. The van der Waals surface area contributed by atoms with E-state index in [4.69, 9.17) is 9.47 Å². The molecule has 2 unspecified atom stereocenters. The number of aromatic nitrogens is 1. The number of rotatable bonds is 7. The van der Waals surface area contributed by atoms with E-state index in [0.717, 1.165) is 29.9 Å². The Balaban J connectivity index is 1.23. The number of hydrazone groups is 1. The van der Waals surface area contributed by atoms with Gasteiger partial charge < -0.3 is 20.1 Å². The molecule has 2 aromatic carbocycles. The molecule has 2 aliphatic heterocycles. The third kappa shape index (κ3) is 4.91. The monoisotopic (exact) mass is 471 g/mol. The maximum Gasteiger partial charge on any atom is 0.259 e. The quantitative estimate of drug-likeness (QED) is 0.523. The van der Waals surface area contributed by atoms with Crippen LogP contribution in [0.5, 0.6) is 5.75 Å². The molecule has 3 aromatic rings. The molecular formula is C27H29N5O3. The molecule has 0 fully saturated rings. The minimum absolute atomic E-state index is 0.0204. The number of pyridine rings is 1. The van der Waals surface area contributed by atoms with Gasteiger partial charge >= 0.3 is 0 Å². The van der Waals surface area contributed by atoms with Crippen LogP contribution in [0.15, 0.2) is 65.9 Å². The average Bonchev–Trinajstić information content (AvgIpc) is 3.48. The van der Waals surface area contributed by atoms with Crippen molar-refractivity contribution in [1.29, 1.82) is 0 Å². The molecule has 1 aromatic heterocycles. The van der Waals surface area contributed by atoms with Crippen LogP contribution >= 0.6 is 0 Å². The molecule has 0 radical (unpaired) electrons. The first kappa shape index (κ1) is 22.7. The van der Waals surface area contributed by atoms with Crippen molar-refractivity contribution in [3.05, 3.63) is 83.0 Å². The Labute approximate surface area is 205 Å². The van der Waals surface area contributed by atoms with E-state index in [1.54, 1.807) is 23.3 Å². The lowest BCUT2D eigenvalue weighted by atomic mass is 10.0. The maximum atomic E-state index is 13.0. The third-order valence-corrected chi connectivity index (χ3v) is 6.38. The molecule has 5 rings (SSSR count). The van der Waals surface area contributed by atoms with Crippen molar-refractivity contribution in [2.75, 3.05) is 24.3 Å². The maximum absolute atomic E-state index is 13.0. The number of hydrogen-bond acceptors (Lipinski definition) is 7. The molecule has 0 spiro atoms. The Morgan fingerprint density at radius 3 is 2.80 bits per heavy atom. The summed E-state index contributed by atoms with van der Waals surface area (Å²) in [5, 5.41) is 12.5. The van der Waals surface area contributed by atoms with Crippen molar-refractivity contribution in [2.45, 2.75) is 39.0 Å². The second-order valence-electron chi connectivity index (χ2n) is 8.82. The fraction of sp³-hybridized carbons (Fsp3) is 0.296. The fourth-order valence-electron chi connectivity index (χ4n) is 4.16. The van der Waals surface area contributed by atoms with Crippen molar-refractivity contribution in [2.24, 2.45) is 5.10 Å². The fourth-order valence-corrected chi connectivity index (χ4v) is 4.16. The highest BCUT2D eigenvalue weighted by Gasteiger charge is 2.25. The summed E-state index contributed by atoms with van der Waals surface area (Å²) in [6, 6.07) is 17.4. The van der Waals surface area contributed by atoms with Crippen molar-refractivity contribution in [1.82, 2.24) is 9.99 Å². The summed E-state index contributed by atoms with van der Waals surface area (Å²) >= 11 is 0. The summed E-state index contributed by atoms with van der Waals surface area (Å²) in [5.41, 5.74) is 4.59. The number of nitrogens with one attached hydrogen (secondary N) is 2. The summed E-state index contributed by atoms with van der Waals surface area (Å²) in [4.78, 5) is 17.4. The number of carbonyl (C=O) groups excluding carboxylic acids is 1. The van der Waals surface area contributed by atoms with Gasteiger partial charge in [-0.2, -0.15) is 0 Å². The standard InChI is InChI=1S/C27H29N5O3/c1-17(27-31-32(3)18(2)35-27)20-7-9-22(10-8-20)30-26(33)23-5-4-13-28-25(23)29-16-19-6-11-24-21(15-19)12-14-34-24/h4-11,13,15,17-18H,12,14,16H2,1-3H3,(H,28,29)(H,30,33). The summed E-state index contributed by atoms with van der Waals surface area (Å²) in [6.45, 7) is 5.32. The van der Waals surface area contributed by atoms with E-state index in [1.807, 2.05) is 50.4 Å². The molecule has 1 amide bonds. The van der Waals surface area contributed by atoms with Crippen molar-refractivity contribution in [3.63, 3.8) is 0 Å². The Kier molecular flexibility index (Phi) is 6.27. The summed E-state index contributed by atoms with van der Waals surface area (Å²) in [6.07, 6.45) is 2.54. The minimum Gasteiger partial charge on any atom is -0.493 e. The molecule has 0 bridgehead atoms. The van der Waals surface area contributed by atoms with Crippen LogP contribution in [-0.2, 0) is 17.7 Å². The highest BCUT2D eigenvalue weighted by Crippen LogP contribution is 2.27. The Morgan fingerprint density at radius 1 is 1.20 bits per heavy atom. The van der Waals surface area contributed by atoms with E-state index >= 15 is 0 Å². The Morgan fingerprint density at radius 2 is 2.03 bits per heavy atom. The first-order valence-corrected chi connectivity index (χ1v) is 11.8. The molecule has 0 saturated heterocycles. The zero-order valence-corrected chi connectivity index (χ0v) is 20.1. The van der Waals surface area contributed by atoms with Crippen LogP contribution in [-0.4, -0.2) is 41.7 Å². The van der Waals surface area contributed by atoms with E-state index in [2.05, 4.69) is 33.7 Å². The Bertz CT molecular complexity index is 1260. The van der Waals surface area contributed by atoms with Gasteiger partial charge in [-0.05, 0) is 60.9 Å². The highest BCUT2D eigenvalue weighted by molar-refractivity contribution is 6.07. The molecule has 0 saturated carbocycles. The van der Waals surface area contributed by atoms with Crippen molar-refractivity contribution in [3.8, 4) is 5.75 Å². The van der Waals surface area contributed by atoms with Crippen molar-refractivity contribution < 1.29 is 14.3 Å². The van der Waals surface area contributed by atoms with Gasteiger partial charge in [-0.15, -0.1) is 5.10 Å². The van der Waals surface area contributed by atoms with Gasteiger partial charge in [-0.1, -0.05) is 24.3 Å². The molecular weight excluding hydrogens is 442 g/mol. The second kappa shape index (κ2) is 9.66. The Hall–Kier alpha value is -4.07. The predicted molar refractivity (Wildman–Crippen MR) is 136 cm³/mol. The average molecular weight is 472 g/mol. The number of hydrogen-bond donors (Lipinski definition) is 2. The molecule has 2 aliphatic rings. The van der Waals surface area contributed by atoms with E-state index in [-0.39, 0.29) is 18.1 Å². The number of nitrogens with zero attached hydrogens (tertiary/aromatic N) is 3. The van der Waals surface area contributed by atoms with E-state index < -0.39 is 0 Å². The largest absolute Gasteiger partial charge is 0.493 e. The van der Waals surface area contributed by atoms with Gasteiger partial charge in [0.05, 0.1) is 18.1 Å². The van der Waals surface area contributed by atoms with Crippen LogP contribution in [0.25, 0.3) is 0 Å². The molecule has 8 heteroatoms. The third-order valence-electron chi connectivity index (χ3n) is 6.38. The predicted octanol–water partition coefficient (Wildman–Crippen LogP) is 4.61. The smallest absolute Gasteiger partial charge is 0.259 e. The van der Waals surface area contributed by atoms with E-state index in [0.29, 0.717) is 29.5 Å². The number of amides is 1. The summed E-state index contributed by atoms with van der Waals surface area (Å²) < 4.78 is 11.4. The van der Waals surface area contributed by atoms with Gasteiger partial charge in [0.1, 0.15) is 11.6 Å². The molecule has 0 aliphatic carbocycles. The molecule has 35 heavy (non-hydrogen) atoms. The van der Waals surface area contributed by atoms with Gasteiger partial charge in [-0.3, -0.25) is 9.80 Å². The lowest BCUT2D eigenvalue weighted by molar-refractivity contribution is 0.0932.